The number of likely N-dealkylation sites (tertiary alicyclic amines) is 2. The molecule has 2 aliphatic rings. The zero-order valence-electron chi connectivity index (χ0n) is 19.5. The molecule has 0 bridgehead atoms. The van der Waals surface area contributed by atoms with E-state index in [1.54, 1.807) is 25.3 Å². The average molecular weight is 433 g/mol. The molecule has 0 radical (unpaired) electrons. The van der Waals surface area contributed by atoms with E-state index in [0.29, 0.717) is 18.5 Å². The van der Waals surface area contributed by atoms with E-state index in [2.05, 4.69) is 38.4 Å². The summed E-state index contributed by atoms with van der Waals surface area (Å²) in [6.07, 6.45) is 7.94. The zero-order valence-corrected chi connectivity index (χ0v) is 19.5. The second-order valence-corrected chi connectivity index (χ2v) is 8.77. The molecule has 1 aromatic heterocycles. The van der Waals surface area contributed by atoms with Crippen molar-refractivity contribution in [3.8, 4) is 0 Å². The number of amides is 1. The summed E-state index contributed by atoms with van der Waals surface area (Å²) in [5.41, 5.74) is 0. The van der Waals surface area contributed by atoms with E-state index >= 15 is 0 Å². The molecule has 8 heteroatoms. The molecule has 2 N–H and O–H groups in total. The predicted octanol–water partition coefficient (Wildman–Crippen LogP) is 1.91. The van der Waals surface area contributed by atoms with Gasteiger partial charge < -0.3 is 20.0 Å². The van der Waals surface area contributed by atoms with Crippen LogP contribution in [0.25, 0.3) is 0 Å². The highest BCUT2D eigenvalue weighted by Gasteiger charge is 2.26. The molecule has 2 saturated heterocycles. The van der Waals surface area contributed by atoms with Crippen molar-refractivity contribution in [3.05, 3.63) is 24.2 Å². The first-order valence-corrected chi connectivity index (χ1v) is 11.8. The Hall–Kier alpha value is -2.06. The molecule has 0 saturated carbocycles. The maximum atomic E-state index is 12.1. The molecule has 1 amide bonds. The minimum absolute atomic E-state index is 0.00392. The smallest absolute Gasteiger partial charge is 0.243 e. The molecule has 2 atom stereocenters. The Balaban J connectivity index is 1.65. The van der Waals surface area contributed by atoms with E-state index in [1.807, 2.05) is 6.07 Å². The Kier molecular flexibility index (Phi) is 9.21. The number of nitrogens with one attached hydrogen (secondary N) is 2. The van der Waals surface area contributed by atoms with E-state index in [-0.39, 0.29) is 18.5 Å². The van der Waals surface area contributed by atoms with Crippen LogP contribution in [-0.2, 0) is 4.79 Å². The molecular weight excluding hydrogens is 392 g/mol. The quantitative estimate of drug-likeness (QED) is 0.459. The van der Waals surface area contributed by atoms with E-state index in [4.69, 9.17) is 4.42 Å². The van der Waals surface area contributed by atoms with Crippen LogP contribution < -0.4 is 10.6 Å². The molecule has 0 aromatic carbocycles. The van der Waals surface area contributed by atoms with Gasteiger partial charge in [0.05, 0.1) is 12.3 Å². The molecule has 174 valence electrons. The van der Waals surface area contributed by atoms with Gasteiger partial charge in [0.15, 0.2) is 5.96 Å². The summed E-state index contributed by atoms with van der Waals surface area (Å²) in [6.45, 7) is 8.29. The van der Waals surface area contributed by atoms with Gasteiger partial charge in [0.25, 0.3) is 0 Å². The summed E-state index contributed by atoms with van der Waals surface area (Å²) in [4.78, 5) is 23.3. The highest BCUT2D eigenvalue weighted by atomic mass is 16.3. The Labute approximate surface area is 187 Å². The van der Waals surface area contributed by atoms with Crippen LogP contribution in [0.3, 0.4) is 0 Å². The van der Waals surface area contributed by atoms with E-state index < -0.39 is 0 Å². The van der Waals surface area contributed by atoms with Gasteiger partial charge in [0.1, 0.15) is 12.3 Å². The number of guanidine groups is 1. The fraction of sp³-hybridized carbons (Fsp3) is 0.739. The third-order valence-corrected chi connectivity index (χ3v) is 6.45. The normalized spacial score (nSPS) is 21.8. The predicted molar refractivity (Wildman–Crippen MR) is 124 cm³/mol. The molecule has 0 aliphatic carbocycles. The lowest BCUT2D eigenvalue weighted by Gasteiger charge is -2.34. The first kappa shape index (κ1) is 23.6. The van der Waals surface area contributed by atoms with Crippen molar-refractivity contribution in [1.82, 2.24) is 25.3 Å². The third kappa shape index (κ3) is 6.97. The molecular formula is C23H40N6O2. The molecule has 31 heavy (non-hydrogen) atoms. The monoisotopic (exact) mass is 432 g/mol. The van der Waals surface area contributed by atoms with Gasteiger partial charge in [-0.05, 0) is 64.0 Å². The van der Waals surface area contributed by atoms with Gasteiger partial charge in [-0.15, -0.1) is 0 Å². The van der Waals surface area contributed by atoms with Crippen LogP contribution in [-0.4, -0.2) is 92.5 Å². The summed E-state index contributed by atoms with van der Waals surface area (Å²) < 4.78 is 5.77. The lowest BCUT2D eigenvalue weighted by Crippen LogP contribution is -2.48. The lowest BCUT2D eigenvalue weighted by molar-refractivity contribution is -0.127. The van der Waals surface area contributed by atoms with Gasteiger partial charge in [-0.1, -0.05) is 13.3 Å². The van der Waals surface area contributed by atoms with Crippen LogP contribution >= 0.6 is 0 Å². The topological polar surface area (TPSA) is 76.4 Å². The van der Waals surface area contributed by atoms with Crippen molar-refractivity contribution in [2.45, 2.75) is 51.1 Å². The summed E-state index contributed by atoms with van der Waals surface area (Å²) in [7, 11) is 3.53. The Morgan fingerprint density at radius 1 is 1.23 bits per heavy atom. The highest BCUT2D eigenvalue weighted by molar-refractivity contribution is 5.84. The average Bonchev–Trinajstić information content (AvgIpc) is 3.47. The van der Waals surface area contributed by atoms with Gasteiger partial charge in [-0.25, -0.2) is 4.99 Å². The summed E-state index contributed by atoms with van der Waals surface area (Å²) in [6, 6.07) is 4.68. The number of carbonyl (C=O) groups is 1. The number of aliphatic imine (C=N–C) groups is 1. The largest absolute Gasteiger partial charge is 0.468 e. The number of furan rings is 1. The molecule has 1 aromatic rings. The van der Waals surface area contributed by atoms with Gasteiger partial charge in [-0.3, -0.25) is 14.6 Å². The number of hydrogen-bond donors (Lipinski definition) is 2. The maximum Gasteiger partial charge on any atom is 0.243 e. The molecule has 2 fully saturated rings. The maximum absolute atomic E-state index is 12.1. The summed E-state index contributed by atoms with van der Waals surface area (Å²) >= 11 is 0. The van der Waals surface area contributed by atoms with E-state index in [0.717, 1.165) is 38.5 Å². The first-order chi connectivity index (χ1) is 15.1. The Bertz CT molecular complexity index is 684. The number of piperidine rings is 1. The van der Waals surface area contributed by atoms with Crippen molar-refractivity contribution < 1.29 is 9.21 Å². The Morgan fingerprint density at radius 2 is 2.03 bits per heavy atom. The van der Waals surface area contributed by atoms with Gasteiger partial charge >= 0.3 is 0 Å². The van der Waals surface area contributed by atoms with Crippen molar-refractivity contribution in [1.29, 1.82) is 0 Å². The first-order valence-electron chi connectivity index (χ1n) is 11.8. The fourth-order valence-electron chi connectivity index (χ4n) is 4.53. The molecule has 3 heterocycles. The lowest BCUT2D eigenvalue weighted by atomic mass is 10.1. The van der Waals surface area contributed by atoms with E-state index in [9.17, 15) is 4.79 Å². The second-order valence-electron chi connectivity index (χ2n) is 8.77. The Morgan fingerprint density at radius 3 is 2.71 bits per heavy atom. The second kappa shape index (κ2) is 12.1. The van der Waals surface area contributed by atoms with Gasteiger partial charge in [0.2, 0.25) is 5.91 Å². The van der Waals surface area contributed by atoms with Crippen LogP contribution in [0.4, 0.5) is 0 Å². The number of nitrogens with zero attached hydrogens (tertiary/aromatic N) is 4. The van der Waals surface area contributed by atoms with Crippen LogP contribution in [0, 0.1) is 0 Å². The highest BCUT2D eigenvalue weighted by Crippen LogP contribution is 2.24. The van der Waals surface area contributed by atoms with Gasteiger partial charge in [-0.2, -0.15) is 0 Å². The molecule has 8 nitrogen and oxygen atoms in total. The number of hydrogen-bond acceptors (Lipinski definition) is 5. The van der Waals surface area contributed by atoms with Crippen LogP contribution in [0.5, 0.6) is 0 Å². The number of likely N-dealkylation sites (N-methyl/N-ethyl adjacent to an activating group) is 2. The van der Waals surface area contributed by atoms with Crippen molar-refractivity contribution in [3.63, 3.8) is 0 Å². The molecule has 0 spiro atoms. The molecule has 2 aliphatic heterocycles. The fourth-order valence-corrected chi connectivity index (χ4v) is 4.53. The van der Waals surface area contributed by atoms with Crippen molar-refractivity contribution >= 4 is 11.9 Å². The van der Waals surface area contributed by atoms with Crippen molar-refractivity contribution in [2.75, 3.05) is 59.9 Å². The van der Waals surface area contributed by atoms with E-state index in [1.165, 1.54) is 32.1 Å². The minimum atomic E-state index is -0.00392. The summed E-state index contributed by atoms with van der Waals surface area (Å²) in [5, 5.41) is 7.01. The van der Waals surface area contributed by atoms with Crippen LogP contribution in [0.15, 0.2) is 27.8 Å². The molecule has 3 rings (SSSR count). The molecule has 2 unspecified atom stereocenters. The third-order valence-electron chi connectivity index (χ3n) is 6.45. The zero-order chi connectivity index (χ0) is 22.1. The van der Waals surface area contributed by atoms with Crippen molar-refractivity contribution in [2.24, 2.45) is 4.99 Å². The van der Waals surface area contributed by atoms with Crippen LogP contribution in [0.2, 0.25) is 0 Å². The minimum Gasteiger partial charge on any atom is -0.468 e. The number of carbonyl (C=O) groups excluding carboxylic acids is 1. The standard InChI is InChI=1S/C23H40N6O2/c1-4-28-14-8-10-19(28)16-24-23(26-18-22(30)27(2)3)25-17-20(21-11-9-15-31-21)29-12-6-5-7-13-29/h9,11,15,19-20H,4-8,10,12-14,16-18H2,1-3H3,(H2,24,25,26). The SMILES string of the molecule is CCN1CCCC1CNC(=NCC(=O)N(C)C)NCC(c1ccco1)N1CCCCC1. The summed E-state index contributed by atoms with van der Waals surface area (Å²) in [5.74, 6) is 1.67. The van der Waals surface area contributed by atoms with Crippen LogP contribution in [0.1, 0.15) is 50.8 Å². The van der Waals surface area contributed by atoms with Gasteiger partial charge in [0, 0.05) is 33.2 Å². The number of rotatable bonds is 9.